The van der Waals surface area contributed by atoms with Gasteiger partial charge in [0.15, 0.2) is 27.9 Å². The first-order chi connectivity index (χ1) is 23.8. The van der Waals surface area contributed by atoms with Crippen LogP contribution in [0.15, 0.2) is 61.3 Å². The van der Waals surface area contributed by atoms with Gasteiger partial charge in [0.05, 0.1) is 64.4 Å². The number of azo groups is 1. The van der Waals surface area contributed by atoms with E-state index in [1.165, 1.54) is 25.3 Å². The van der Waals surface area contributed by atoms with Crippen LogP contribution in [0.4, 0.5) is 23.0 Å². The predicted octanol–water partition coefficient (Wildman–Crippen LogP) is -6.66. The number of aromatic hydroxyl groups is 1. The number of benzene rings is 3. The zero-order chi connectivity index (χ0) is 36.5. The van der Waals surface area contributed by atoms with Crippen LogP contribution in [0.3, 0.4) is 0 Å². The van der Waals surface area contributed by atoms with Crippen molar-refractivity contribution >= 4 is 89.7 Å². The van der Waals surface area contributed by atoms with Crippen molar-refractivity contribution in [3.63, 3.8) is 0 Å². The van der Waals surface area contributed by atoms with E-state index < -0.39 is 54.0 Å². The number of nitrogens with one attached hydrogen (secondary N) is 1. The molecule has 0 amide bonds. The molecule has 0 fully saturated rings. The Morgan fingerprint density at radius 2 is 1.72 bits per heavy atom. The van der Waals surface area contributed by atoms with Gasteiger partial charge in [0, 0.05) is 10.8 Å². The van der Waals surface area contributed by atoms with Crippen LogP contribution in [0.2, 0.25) is 5.28 Å². The summed E-state index contributed by atoms with van der Waals surface area (Å²) in [6, 6.07) is 8.67. The van der Waals surface area contributed by atoms with Crippen LogP contribution in [0.5, 0.6) is 11.5 Å². The Balaban J connectivity index is 0.00000468. The molecule has 266 valence electrons. The van der Waals surface area contributed by atoms with E-state index >= 15 is 0 Å². The topological polar surface area (TPSA) is 312 Å². The predicted molar refractivity (Wildman–Crippen MR) is 164 cm³/mol. The molecule has 4 rings (SSSR count). The first kappa shape index (κ1) is 50.0. The number of rotatable bonds is 17. The van der Waals surface area contributed by atoms with E-state index in [2.05, 4.69) is 49.2 Å². The summed E-state index contributed by atoms with van der Waals surface area (Å²) in [5, 5.41) is 56.7. The molecule has 0 atom stereocenters. The first-order valence-electron chi connectivity index (χ1n) is 12.9. The van der Waals surface area contributed by atoms with Crippen molar-refractivity contribution in [1.29, 1.82) is 5.26 Å². The van der Waals surface area contributed by atoms with Gasteiger partial charge in [-0.1, -0.05) is 0 Å². The van der Waals surface area contributed by atoms with E-state index in [-0.39, 0.29) is 169 Å². The van der Waals surface area contributed by atoms with Crippen LogP contribution < -0.4 is 109 Å². The molecule has 0 aliphatic heterocycles. The van der Waals surface area contributed by atoms with Crippen molar-refractivity contribution in [2.45, 2.75) is 21.1 Å². The van der Waals surface area contributed by atoms with Gasteiger partial charge in [0.25, 0.3) is 0 Å². The van der Waals surface area contributed by atoms with Gasteiger partial charge in [0.1, 0.15) is 33.1 Å². The number of aromatic nitrogens is 3. The number of phenols is 1. The molecule has 0 aliphatic rings. The maximum absolute atomic E-state index is 12.8. The smallest absolute Gasteiger partial charge is 0.744 e. The van der Waals surface area contributed by atoms with Gasteiger partial charge in [-0.25, -0.2) is 21.8 Å². The fraction of sp³-hybridized carbons (Fsp3) is 0.167. The third-order valence-corrected chi connectivity index (χ3v) is 9.80. The molecular formula is C24H17ClN7Na3O14S4. The van der Waals surface area contributed by atoms with E-state index in [0.29, 0.717) is 0 Å². The Hall–Kier alpha value is -1.01. The number of nitriles is 1. The van der Waals surface area contributed by atoms with Crippen molar-refractivity contribution in [1.82, 2.24) is 15.0 Å². The van der Waals surface area contributed by atoms with Gasteiger partial charge < -0.3 is 30.2 Å². The molecule has 0 unspecified atom stereocenters. The zero-order valence-corrected chi connectivity index (χ0v) is 37.6. The molecule has 0 saturated carbocycles. The third kappa shape index (κ3) is 13.6. The minimum Gasteiger partial charge on any atom is -0.744 e. The van der Waals surface area contributed by atoms with E-state index in [1.54, 1.807) is 0 Å². The van der Waals surface area contributed by atoms with Crippen molar-refractivity contribution in [3.05, 3.63) is 47.5 Å². The minimum absolute atomic E-state index is 0. The molecule has 53 heavy (non-hydrogen) atoms. The van der Waals surface area contributed by atoms with Gasteiger partial charge >= 0.3 is 88.7 Å². The van der Waals surface area contributed by atoms with Gasteiger partial charge in [-0.05, 0) is 48.0 Å². The molecule has 1 heterocycles. The number of hydrogen-bond acceptors (Lipinski definition) is 23. The van der Waals surface area contributed by atoms with E-state index in [1.807, 2.05) is 6.07 Å². The molecule has 3 aromatic carbocycles. The van der Waals surface area contributed by atoms with Crippen molar-refractivity contribution < 1.29 is 153 Å². The average molecular weight is 860 g/mol. The summed E-state index contributed by atoms with van der Waals surface area (Å²) in [4.78, 5) is 10.1. The number of sulfone groups is 1. The number of methoxy groups -OCH3 is 1. The second-order valence-corrected chi connectivity index (χ2v) is 14.0. The van der Waals surface area contributed by atoms with Gasteiger partial charge in [-0.15, -0.1) is 14.6 Å². The second kappa shape index (κ2) is 23.3. The molecule has 1 aromatic heterocycles. The SMILES string of the molecule is COc1ccc(S(=O)(=O)CCOSOO[O-])cc1N=Nc1c(SOO[O-])cc2c(S(=O)(=O)[O-])c(Nc3nc(Cl)nc(CC#N)n3)ccc2c1O.[Na+].[Na+].[Na+]. The van der Waals surface area contributed by atoms with Crippen molar-refractivity contribution in [2.24, 2.45) is 10.2 Å². The minimum atomic E-state index is -5.36. The molecule has 2 N–H and O–H groups in total. The van der Waals surface area contributed by atoms with Crippen molar-refractivity contribution in [2.75, 3.05) is 24.8 Å². The molecule has 0 spiro atoms. The standard InChI is InChI=1S/C24H20ClN7O14S4.3Na/c1-41-17-5-2-12(49(36,37)9-8-42-48-46-44-35)10-16(17)31-32-20-18(47-45-43-34)11-14-13(21(20)33)3-4-15(22(14)50(38,39)40)27-24-29-19(6-7-26)28-23(25)30-24;;;/h2-5,10-11,33-35H,6,8-9H2,1H3,(H,38,39,40)(H,27,28,29,30);;;/q;3*+1/p-3. The maximum Gasteiger partial charge on any atom is 1.00 e. The average Bonchev–Trinajstić information content (AvgIpc) is 3.06. The Kier molecular flexibility index (Phi) is 22.0. The summed E-state index contributed by atoms with van der Waals surface area (Å²) in [6.07, 6.45) is -0.272. The number of fused-ring (bicyclic) bond motifs is 1. The second-order valence-electron chi connectivity index (χ2n) is 8.97. The molecule has 21 nitrogen and oxygen atoms in total. The molecular weight excluding hydrogens is 843 g/mol. The van der Waals surface area contributed by atoms with Crippen molar-refractivity contribution in [3.8, 4) is 17.6 Å². The number of ether oxygens (including phenoxy) is 1. The fourth-order valence-corrected chi connectivity index (χ4v) is 6.97. The quantitative estimate of drug-likeness (QED) is 0.0190. The number of hydrogen-bond donors (Lipinski definition) is 2. The van der Waals surface area contributed by atoms with Gasteiger partial charge in [-0.3, -0.25) is 14.3 Å². The monoisotopic (exact) mass is 859 g/mol. The third-order valence-electron chi connectivity index (χ3n) is 6.03. The van der Waals surface area contributed by atoms with Crippen LogP contribution >= 0.6 is 36.0 Å². The van der Waals surface area contributed by atoms with Gasteiger partial charge in [-0.2, -0.15) is 19.6 Å². The summed E-state index contributed by atoms with van der Waals surface area (Å²) < 4.78 is 81.6. The number of nitrogens with zero attached hydrogens (tertiary/aromatic N) is 6. The Morgan fingerprint density at radius 3 is 2.36 bits per heavy atom. The normalized spacial score (nSPS) is 11.3. The zero-order valence-electron chi connectivity index (χ0n) is 27.5. The summed E-state index contributed by atoms with van der Waals surface area (Å²) >= 11 is 6.16. The summed E-state index contributed by atoms with van der Waals surface area (Å²) in [7, 11) is -8.11. The molecule has 0 radical (unpaired) electrons. The summed E-state index contributed by atoms with van der Waals surface area (Å²) in [5.74, 6) is -1.68. The van der Waals surface area contributed by atoms with E-state index in [4.69, 9.17) is 25.8 Å². The number of halogens is 1. The van der Waals surface area contributed by atoms with Gasteiger partial charge in [0.2, 0.25) is 11.2 Å². The molecule has 29 heteroatoms. The molecule has 0 bridgehead atoms. The Morgan fingerprint density at radius 1 is 1.00 bits per heavy atom. The molecule has 4 aromatic rings. The van der Waals surface area contributed by atoms with Crippen LogP contribution in [0, 0.1) is 11.3 Å². The van der Waals surface area contributed by atoms with E-state index in [9.17, 15) is 37.0 Å². The molecule has 0 aliphatic carbocycles. The largest absolute Gasteiger partial charge is 1.00 e. The van der Waals surface area contributed by atoms with Crippen LogP contribution in [-0.4, -0.2) is 60.9 Å². The van der Waals surface area contributed by atoms with Crippen LogP contribution in [-0.2, 0) is 49.3 Å². The number of anilines is 2. The van der Waals surface area contributed by atoms with Crippen LogP contribution in [0.1, 0.15) is 5.82 Å². The summed E-state index contributed by atoms with van der Waals surface area (Å²) in [6.45, 7) is -0.406. The summed E-state index contributed by atoms with van der Waals surface area (Å²) in [5.41, 5.74) is -0.986. The number of phenolic OH excluding ortho intramolecular Hbond substituents is 1. The van der Waals surface area contributed by atoms with Crippen LogP contribution in [0.25, 0.3) is 10.8 Å². The first-order valence-corrected chi connectivity index (χ1v) is 17.7. The molecule has 0 saturated heterocycles. The van der Waals surface area contributed by atoms with E-state index in [0.717, 1.165) is 18.2 Å². The Bertz CT molecular complexity index is 2190. The maximum atomic E-state index is 12.8. The fourth-order valence-electron chi connectivity index (χ4n) is 4.06. The Labute approximate surface area is 380 Å².